The van der Waals surface area contributed by atoms with Gasteiger partial charge >= 0.3 is 0 Å². The molecule has 2 fully saturated rings. The summed E-state index contributed by atoms with van der Waals surface area (Å²) in [7, 11) is 0. The maximum atomic E-state index is 11.1. The molecule has 0 aliphatic carbocycles. The first-order chi connectivity index (χ1) is 9.11. The van der Waals surface area contributed by atoms with Gasteiger partial charge in [-0.3, -0.25) is 10.1 Å². The first-order valence-electron chi connectivity index (χ1n) is 6.89. The number of nitro groups is 1. The lowest BCUT2D eigenvalue weighted by Crippen LogP contribution is -2.43. The van der Waals surface area contributed by atoms with Gasteiger partial charge in [-0.2, -0.15) is 0 Å². The number of nitrogens with one attached hydrogen (secondary N) is 2. The molecule has 2 heterocycles. The van der Waals surface area contributed by atoms with E-state index < -0.39 is 0 Å². The highest BCUT2D eigenvalue weighted by molar-refractivity contribution is 5.63. The van der Waals surface area contributed by atoms with Crippen LogP contribution in [-0.2, 0) is 0 Å². The summed E-state index contributed by atoms with van der Waals surface area (Å²) in [5.74, 6) is 0. The molecule has 2 saturated heterocycles. The molecule has 0 saturated carbocycles. The Morgan fingerprint density at radius 3 is 2.63 bits per heavy atom. The van der Waals surface area contributed by atoms with Gasteiger partial charge in [0.05, 0.1) is 4.92 Å². The van der Waals surface area contributed by atoms with E-state index in [1.165, 1.54) is 12.8 Å². The zero-order valence-electron chi connectivity index (χ0n) is 11.1. The van der Waals surface area contributed by atoms with E-state index in [0.29, 0.717) is 23.8 Å². The fourth-order valence-corrected chi connectivity index (χ4v) is 3.31. The van der Waals surface area contributed by atoms with Crippen molar-refractivity contribution in [1.82, 2.24) is 5.32 Å². The molecule has 5 heteroatoms. The van der Waals surface area contributed by atoms with Gasteiger partial charge in [0.15, 0.2) is 0 Å². The van der Waals surface area contributed by atoms with Crippen LogP contribution in [0.3, 0.4) is 0 Å². The lowest BCUT2D eigenvalue weighted by molar-refractivity contribution is -0.384. The van der Waals surface area contributed by atoms with Crippen molar-refractivity contribution in [3.63, 3.8) is 0 Å². The summed E-state index contributed by atoms with van der Waals surface area (Å²) >= 11 is 0. The Labute approximate surface area is 112 Å². The number of piperidine rings is 1. The molecule has 0 spiro atoms. The molecular weight excluding hydrogens is 242 g/mol. The largest absolute Gasteiger partial charge is 0.377 e. The Bertz CT molecular complexity index is 491. The lowest BCUT2D eigenvalue weighted by atomic mass is 9.99. The van der Waals surface area contributed by atoms with Gasteiger partial charge in [-0.05, 0) is 44.2 Å². The van der Waals surface area contributed by atoms with Crippen LogP contribution in [0.1, 0.15) is 31.2 Å². The van der Waals surface area contributed by atoms with E-state index in [2.05, 4.69) is 10.6 Å². The predicted molar refractivity (Wildman–Crippen MR) is 74.4 cm³/mol. The number of anilines is 1. The van der Waals surface area contributed by atoms with Gasteiger partial charge in [0.25, 0.3) is 5.69 Å². The SMILES string of the molecule is Cc1ccc(NC2CC3CCC(C2)N3)c([N+](=O)[O-])c1. The summed E-state index contributed by atoms with van der Waals surface area (Å²) in [6, 6.07) is 6.90. The maximum absolute atomic E-state index is 11.1. The van der Waals surface area contributed by atoms with Crippen molar-refractivity contribution >= 4 is 11.4 Å². The van der Waals surface area contributed by atoms with Gasteiger partial charge in [0.1, 0.15) is 5.69 Å². The van der Waals surface area contributed by atoms with E-state index in [-0.39, 0.29) is 10.6 Å². The molecule has 0 amide bonds. The standard InChI is InChI=1S/C14H19N3O2/c1-9-2-5-13(14(6-9)17(18)19)16-12-7-10-3-4-11(8-12)15-10/h2,5-6,10-12,15-16H,3-4,7-8H2,1H3. The fourth-order valence-electron chi connectivity index (χ4n) is 3.31. The Hall–Kier alpha value is -1.62. The molecule has 102 valence electrons. The highest BCUT2D eigenvalue weighted by Gasteiger charge is 2.34. The van der Waals surface area contributed by atoms with E-state index in [4.69, 9.17) is 0 Å². The molecular formula is C14H19N3O2. The van der Waals surface area contributed by atoms with Crippen LogP contribution >= 0.6 is 0 Å². The van der Waals surface area contributed by atoms with Crippen molar-refractivity contribution in [3.8, 4) is 0 Å². The van der Waals surface area contributed by atoms with E-state index in [1.54, 1.807) is 6.07 Å². The van der Waals surface area contributed by atoms with Crippen LogP contribution in [-0.4, -0.2) is 23.0 Å². The normalized spacial score (nSPS) is 29.2. The third kappa shape index (κ3) is 2.56. The molecule has 2 bridgehead atoms. The Morgan fingerprint density at radius 1 is 1.32 bits per heavy atom. The molecule has 2 aliphatic heterocycles. The zero-order valence-corrected chi connectivity index (χ0v) is 11.1. The second-order valence-corrected chi connectivity index (χ2v) is 5.73. The van der Waals surface area contributed by atoms with Gasteiger partial charge < -0.3 is 10.6 Å². The van der Waals surface area contributed by atoms with Crippen molar-refractivity contribution in [2.75, 3.05) is 5.32 Å². The number of rotatable bonds is 3. The van der Waals surface area contributed by atoms with Crippen molar-refractivity contribution in [1.29, 1.82) is 0 Å². The molecule has 1 aromatic carbocycles. The Morgan fingerprint density at radius 2 is 2.00 bits per heavy atom. The van der Waals surface area contributed by atoms with E-state index in [9.17, 15) is 10.1 Å². The van der Waals surface area contributed by atoms with Crippen molar-refractivity contribution < 1.29 is 4.92 Å². The molecule has 3 rings (SSSR count). The highest BCUT2D eigenvalue weighted by Crippen LogP contribution is 2.32. The first-order valence-corrected chi connectivity index (χ1v) is 6.89. The lowest BCUT2D eigenvalue weighted by Gasteiger charge is -2.30. The molecule has 1 aromatic rings. The first kappa shape index (κ1) is 12.4. The number of nitrogens with zero attached hydrogens (tertiary/aromatic N) is 1. The van der Waals surface area contributed by atoms with Crippen LogP contribution < -0.4 is 10.6 Å². The van der Waals surface area contributed by atoms with Crippen LogP contribution in [0.2, 0.25) is 0 Å². The predicted octanol–water partition coefficient (Wildman–Crippen LogP) is 2.60. The third-order valence-electron chi connectivity index (χ3n) is 4.18. The second-order valence-electron chi connectivity index (χ2n) is 5.73. The minimum absolute atomic E-state index is 0.186. The quantitative estimate of drug-likeness (QED) is 0.648. The Kier molecular flexibility index (Phi) is 3.14. The van der Waals surface area contributed by atoms with Gasteiger partial charge in [-0.1, -0.05) is 6.07 Å². The molecule has 2 aliphatic rings. The molecule has 2 N–H and O–H groups in total. The van der Waals surface area contributed by atoms with Crippen LogP contribution in [0.5, 0.6) is 0 Å². The number of benzene rings is 1. The number of fused-ring (bicyclic) bond motifs is 2. The monoisotopic (exact) mass is 261 g/mol. The van der Waals surface area contributed by atoms with Crippen LogP contribution in [0.25, 0.3) is 0 Å². The maximum Gasteiger partial charge on any atom is 0.292 e. The van der Waals surface area contributed by atoms with Gasteiger partial charge in [0, 0.05) is 24.2 Å². The van der Waals surface area contributed by atoms with Gasteiger partial charge in [0.2, 0.25) is 0 Å². The number of hydrogen-bond donors (Lipinski definition) is 2. The smallest absolute Gasteiger partial charge is 0.292 e. The molecule has 0 aromatic heterocycles. The average Bonchev–Trinajstić information content (AvgIpc) is 2.71. The summed E-state index contributed by atoms with van der Waals surface area (Å²) in [5.41, 5.74) is 1.76. The van der Waals surface area contributed by atoms with E-state index in [1.807, 2.05) is 19.1 Å². The summed E-state index contributed by atoms with van der Waals surface area (Å²) in [6.45, 7) is 1.88. The summed E-state index contributed by atoms with van der Waals surface area (Å²) < 4.78 is 0. The minimum atomic E-state index is -0.301. The van der Waals surface area contributed by atoms with Crippen molar-refractivity contribution in [3.05, 3.63) is 33.9 Å². The molecule has 2 atom stereocenters. The summed E-state index contributed by atoms with van der Waals surface area (Å²) in [6.07, 6.45) is 4.58. The molecule has 19 heavy (non-hydrogen) atoms. The molecule has 0 radical (unpaired) electrons. The van der Waals surface area contributed by atoms with Gasteiger partial charge in [-0.25, -0.2) is 0 Å². The Balaban J connectivity index is 1.78. The van der Waals surface area contributed by atoms with Crippen LogP contribution in [0.4, 0.5) is 11.4 Å². The highest BCUT2D eigenvalue weighted by atomic mass is 16.6. The summed E-state index contributed by atoms with van der Waals surface area (Å²) in [5, 5.41) is 18.1. The van der Waals surface area contributed by atoms with Crippen molar-refractivity contribution in [2.45, 2.75) is 50.7 Å². The van der Waals surface area contributed by atoms with E-state index >= 15 is 0 Å². The topological polar surface area (TPSA) is 67.2 Å². The third-order valence-corrected chi connectivity index (χ3v) is 4.18. The fraction of sp³-hybridized carbons (Fsp3) is 0.571. The van der Waals surface area contributed by atoms with Crippen molar-refractivity contribution in [2.24, 2.45) is 0 Å². The zero-order chi connectivity index (χ0) is 13.4. The van der Waals surface area contributed by atoms with Crippen LogP contribution in [0, 0.1) is 17.0 Å². The summed E-state index contributed by atoms with van der Waals surface area (Å²) in [4.78, 5) is 10.8. The number of hydrogen-bond acceptors (Lipinski definition) is 4. The molecule has 2 unspecified atom stereocenters. The number of aryl methyl sites for hydroxylation is 1. The minimum Gasteiger partial charge on any atom is -0.377 e. The van der Waals surface area contributed by atoms with Gasteiger partial charge in [-0.15, -0.1) is 0 Å². The molecule has 5 nitrogen and oxygen atoms in total. The number of nitro benzene ring substituents is 1. The van der Waals surface area contributed by atoms with E-state index in [0.717, 1.165) is 18.4 Å². The van der Waals surface area contributed by atoms with Crippen LogP contribution in [0.15, 0.2) is 18.2 Å². The average molecular weight is 261 g/mol. The second kappa shape index (κ2) is 4.81.